The molecule has 0 aromatic heterocycles. The molecule has 0 amide bonds. The normalized spacial score (nSPS) is 22.5. The van der Waals surface area contributed by atoms with Crippen LogP contribution in [0, 0.1) is 16.0 Å². The Morgan fingerprint density at radius 3 is 2.80 bits per heavy atom. The van der Waals surface area contributed by atoms with Crippen LogP contribution >= 0.6 is 0 Å². The smallest absolute Gasteiger partial charge is 0.270 e. The summed E-state index contributed by atoms with van der Waals surface area (Å²) < 4.78 is 5.30. The van der Waals surface area contributed by atoms with Gasteiger partial charge in [0.1, 0.15) is 12.3 Å². The number of nitrogens with two attached hydrogens (primary N) is 1. The molecule has 0 unspecified atom stereocenters. The summed E-state index contributed by atoms with van der Waals surface area (Å²) in [6.07, 6.45) is 5.13. The van der Waals surface area contributed by atoms with Gasteiger partial charge in [-0.3, -0.25) is 10.1 Å². The Labute approximate surface area is 119 Å². The summed E-state index contributed by atoms with van der Waals surface area (Å²) in [7, 11) is 1.61. The zero-order chi connectivity index (χ0) is 14.5. The quantitative estimate of drug-likeness (QED) is 0.664. The third-order valence-electron chi connectivity index (χ3n) is 4.29. The molecule has 1 saturated carbocycles. The summed E-state index contributed by atoms with van der Waals surface area (Å²) in [6.45, 7) is 3.03. The van der Waals surface area contributed by atoms with Crippen LogP contribution in [0.4, 0.5) is 5.69 Å². The number of non-ortho nitro benzene ring substituents is 1. The third-order valence-corrected chi connectivity index (χ3v) is 4.29. The maximum absolute atomic E-state index is 10.9. The van der Waals surface area contributed by atoms with E-state index >= 15 is 0 Å². The van der Waals surface area contributed by atoms with Gasteiger partial charge in [-0.05, 0) is 25.3 Å². The molecule has 1 aliphatic rings. The summed E-state index contributed by atoms with van der Waals surface area (Å²) >= 11 is 0. The Morgan fingerprint density at radius 2 is 2.15 bits per heavy atom. The van der Waals surface area contributed by atoms with Crippen molar-refractivity contribution in [2.24, 2.45) is 5.92 Å². The first kappa shape index (κ1) is 14.8. The SMILES string of the molecule is COc1ccc([N+](=O)[O-])cc1C[NH2+][C@@H]1CCCC[C@H]1C. The number of nitro benzene ring substituents is 1. The van der Waals surface area contributed by atoms with E-state index in [0.29, 0.717) is 12.0 Å². The predicted molar refractivity (Wildman–Crippen MR) is 76.7 cm³/mol. The molecule has 1 aromatic carbocycles. The Hall–Kier alpha value is -1.62. The average molecular weight is 279 g/mol. The van der Waals surface area contributed by atoms with E-state index in [1.54, 1.807) is 19.2 Å². The maximum Gasteiger partial charge on any atom is 0.270 e. The Morgan fingerprint density at radius 1 is 1.40 bits per heavy atom. The lowest BCUT2D eigenvalue weighted by Gasteiger charge is -2.26. The fraction of sp³-hybridized carbons (Fsp3) is 0.600. The highest BCUT2D eigenvalue weighted by Gasteiger charge is 2.24. The maximum atomic E-state index is 10.9. The lowest BCUT2D eigenvalue weighted by Crippen LogP contribution is -2.90. The minimum Gasteiger partial charge on any atom is -0.496 e. The molecular weight excluding hydrogens is 256 g/mol. The average Bonchev–Trinajstić information content (AvgIpc) is 2.46. The van der Waals surface area contributed by atoms with Gasteiger partial charge >= 0.3 is 0 Å². The van der Waals surface area contributed by atoms with Gasteiger partial charge in [0.15, 0.2) is 0 Å². The first-order valence-electron chi connectivity index (χ1n) is 7.26. The van der Waals surface area contributed by atoms with Crippen LogP contribution < -0.4 is 10.1 Å². The van der Waals surface area contributed by atoms with Crippen LogP contribution in [0.5, 0.6) is 5.75 Å². The molecule has 1 aliphatic carbocycles. The molecule has 0 heterocycles. The van der Waals surface area contributed by atoms with Crippen molar-refractivity contribution >= 4 is 5.69 Å². The predicted octanol–water partition coefficient (Wildman–Crippen LogP) is 2.25. The Kier molecular flexibility index (Phi) is 4.95. The van der Waals surface area contributed by atoms with Crippen LogP contribution in [0.1, 0.15) is 38.2 Å². The van der Waals surface area contributed by atoms with Gasteiger partial charge in [0.05, 0.1) is 23.6 Å². The molecule has 1 aromatic rings. The number of ether oxygens (including phenoxy) is 1. The molecule has 2 rings (SSSR count). The van der Waals surface area contributed by atoms with E-state index in [1.807, 2.05) is 0 Å². The molecule has 0 bridgehead atoms. The van der Waals surface area contributed by atoms with E-state index in [2.05, 4.69) is 12.2 Å². The van der Waals surface area contributed by atoms with Crippen molar-refractivity contribution in [3.8, 4) is 5.75 Å². The molecule has 1 fully saturated rings. The third kappa shape index (κ3) is 3.48. The number of hydrogen-bond donors (Lipinski definition) is 1. The zero-order valence-electron chi connectivity index (χ0n) is 12.2. The summed E-state index contributed by atoms with van der Waals surface area (Å²) in [6, 6.07) is 5.42. The molecule has 20 heavy (non-hydrogen) atoms. The van der Waals surface area contributed by atoms with Gasteiger partial charge in [-0.1, -0.05) is 13.3 Å². The highest BCUT2D eigenvalue weighted by molar-refractivity contribution is 5.43. The van der Waals surface area contributed by atoms with E-state index in [4.69, 9.17) is 4.74 Å². The van der Waals surface area contributed by atoms with E-state index < -0.39 is 0 Å². The minimum absolute atomic E-state index is 0.130. The van der Waals surface area contributed by atoms with Crippen LogP contribution in [0.3, 0.4) is 0 Å². The van der Waals surface area contributed by atoms with Gasteiger partial charge in [-0.25, -0.2) is 0 Å². The fourth-order valence-corrected chi connectivity index (χ4v) is 3.01. The van der Waals surface area contributed by atoms with Crippen molar-refractivity contribution in [2.45, 2.75) is 45.2 Å². The molecule has 0 aliphatic heterocycles. The minimum atomic E-state index is -0.355. The van der Waals surface area contributed by atoms with Gasteiger partial charge in [0.2, 0.25) is 0 Å². The first-order valence-corrected chi connectivity index (χ1v) is 7.26. The molecule has 5 heteroatoms. The second-order valence-electron chi connectivity index (χ2n) is 5.62. The number of nitro groups is 1. The number of quaternary nitrogens is 1. The largest absolute Gasteiger partial charge is 0.496 e. The molecule has 5 nitrogen and oxygen atoms in total. The monoisotopic (exact) mass is 279 g/mol. The molecule has 2 atom stereocenters. The van der Waals surface area contributed by atoms with Gasteiger partial charge in [0, 0.05) is 18.1 Å². The number of hydrogen-bond acceptors (Lipinski definition) is 3. The van der Waals surface area contributed by atoms with E-state index in [0.717, 1.165) is 17.9 Å². The zero-order valence-corrected chi connectivity index (χ0v) is 12.2. The lowest BCUT2D eigenvalue weighted by molar-refractivity contribution is -0.712. The summed E-state index contributed by atoms with van der Waals surface area (Å²) in [5, 5.41) is 13.2. The molecule has 110 valence electrons. The second-order valence-corrected chi connectivity index (χ2v) is 5.62. The number of nitrogens with zero attached hydrogens (tertiary/aromatic N) is 1. The van der Waals surface area contributed by atoms with Crippen LogP contribution in [0.15, 0.2) is 18.2 Å². The van der Waals surface area contributed by atoms with Gasteiger partial charge in [-0.15, -0.1) is 0 Å². The summed E-state index contributed by atoms with van der Waals surface area (Å²) in [5.74, 6) is 1.45. The van der Waals surface area contributed by atoms with E-state index in [-0.39, 0.29) is 10.6 Å². The number of methoxy groups -OCH3 is 1. The standard InChI is InChI=1S/C15H22N2O3/c1-11-5-3-4-6-14(11)16-10-12-9-13(17(18)19)7-8-15(12)20-2/h7-9,11,14,16H,3-6,10H2,1-2H3/p+1/t11-,14-/m1/s1. The topological polar surface area (TPSA) is 69.0 Å². The van der Waals surface area contributed by atoms with Crippen molar-refractivity contribution in [1.82, 2.24) is 0 Å². The van der Waals surface area contributed by atoms with Crippen LogP contribution in [0.25, 0.3) is 0 Å². The number of rotatable bonds is 5. The van der Waals surface area contributed by atoms with Crippen LogP contribution in [-0.2, 0) is 6.54 Å². The molecule has 0 saturated heterocycles. The van der Waals surface area contributed by atoms with Crippen molar-refractivity contribution in [3.63, 3.8) is 0 Å². The van der Waals surface area contributed by atoms with E-state index in [1.165, 1.54) is 31.7 Å². The second kappa shape index (κ2) is 6.70. The fourth-order valence-electron chi connectivity index (χ4n) is 3.01. The highest BCUT2D eigenvalue weighted by Crippen LogP contribution is 2.24. The van der Waals surface area contributed by atoms with Crippen molar-refractivity contribution in [3.05, 3.63) is 33.9 Å². The lowest BCUT2D eigenvalue weighted by atomic mass is 9.86. The molecule has 0 radical (unpaired) electrons. The highest BCUT2D eigenvalue weighted by atomic mass is 16.6. The molecule has 2 N–H and O–H groups in total. The summed E-state index contributed by atoms with van der Waals surface area (Å²) in [5.41, 5.74) is 1.03. The van der Waals surface area contributed by atoms with Crippen LogP contribution in [-0.4, -0.2) is 18.1 Å². The Balaban J connectivity index is 2.07. The van der Waals surface area contributed by atoms with Gasteiger partial charge in [-0.2, -0.15) is 0 Å². The van der Waals surface area contributed by atoms with Crippen molar-refractivity contribution in [1.29, 1.82) is 0 Å². The van der Waals surface area contributed by atoms with Crippen molar-refractivity contribution in [2.75, 3.05) is 7.11 Å². The van der Waals surface area contributed by atoms with Gasteiger partial charge < -0.3 is 10.1 Å². The van der Waals surface area contributed by atoms with Crippen LogP contribution in [0.2, 0.25) is 0 Å². The first-order chi connectivity index (χ1) is 9.61. The van der Waals surface area contributed by atoms with Crippen molar-refractivity contribution < 1.29 is 15.0 Å². The molecular formula is C15H23N2O3+. The van der Waals surface area contributed by atoms with E-state index in [9.17, 15) is 10.1 Å². The Bertz CT molecular complexity index is 476. The number of benzene rings is 1. The molecule has 0 spiro atoms. The van der Waals surface area contributed by atoms with Gasteiger partial charge in [0.25, 0.3) is 5.69 Å². The summed E-state index contributed by atoms with van der Waals surface area (Å²) in [4.78, 5) is 10.5.